The van der Waals surface area contributed by atoms with Crippen molar-refractivity contribution in [1.82, 2.24) is 5.32 Å². The second kappa shape index (κ2) is 9.37. The van der Waals surface area contributed by atoms with Gasteiger partial charge in [0.2, 0.25) is 5.91 Å². The predicted octanol–water partition coefficient (Wildman–Crippen LogP) is 4.93. The summed E-state index contributed by atoms with van der Waals surface area (Å²) in [6.45, 7) is 10.6. The molecule has 188 valence electrons. The van der Waals surface area contributed by atoms with Gasteiger partial charge in [-0.1, -0.05) is 32.4 Å². The largest absolute Gasteiger partial charge is 0.393 e. The standard InChI is InChI=1S/C29H43NO4/c1-17(16-30-19(3)31)6-9-25(33)18(2)27-26(34)15-24-22-8-7-20-14-21(32)10-12-28(20,4)23(22)11-13-29(24,27)5/h7,17,21-24,32H,6,8-16H2,1-5H3,(H,30,31)/b27-18-/t17-,21-,22-,23+,24+,28-,29-/m0/s1. The molecule has 4 aliphatic carbocycles. The minimum absolute atomic E-state index is 0.0504. The van der Waals surface area contributed by atoms with Gasteiger partial charge >= 0.3 is 0 Å². The van der Waals surface area contributed by atoms with Gasteiger partial charge in [-0.3, -0.25) is 14.4 Å². The maximum atomic E-state index is 13.4. The van der Waals surface area contributed by atoms with E-state index in [4.69, 9.17) is 0 Å². The summed E-state index contributed by atoms with van der Waals surface area (Å²) >= 11 is 0. The van der Waals surface area contributed by atoms with Crippen LogP contribution in [0.3, 0.4) is 0 Å². The number of nitrogens with one attached hydrogen (secondary N) is 1. The fourth-order valence-electron chi connectivity index (χ4n) is 8.03. The lowest BCUT2D eigenvalue weighted by molar-refractivity contribution is -0.119. The smallest absolute Gasteiger partial charge is 0.216 e. The SMILES string of the molecule is CC(=O)NC[C@@H](C)CCC(=O)/C(C)=C1/C(=O)C[C@@H]2[C@H]3CC=C4C[C@@H](O)CC[C@]4(C)[C@@H]3CC[C@]12C. The van der Waals surface area contributed by atoms with Crippen molar-refractivity contribution in [3.05, 3.63) is 22.8 Å². The molecule has 34 heavy (non-hydrogen) atoms. The summed E-state index contributed by atoms with van der Waals surface area (Å²) in [4.78, 5) is 37.7. The number of allylic oxidation sites excluding steroid dienone is 3. The van der Waals surface area contributed by atoms with Gasteiger partial charge in [0.1, 0.15) is 0 Å². The van der Waals surface area contributed by atoms with Crippen LogP contribution in [0.4, 0.5) is 0 Å². The molecule has 0 aromatic carbocycles. The molecule has 0 aliphatic heterocycles. The van der Waals surface area contributed by atoms with E-state index in [1.165, 1.54) is 12.5 Å². The van der Waals surface area contributed by atoms with Crippen molar-refractivity contribution >= 4 is 17.5 Å². The van der Waals surface area contributed by atoms with E-state index in [-0.39, 0.29) is 40.3 Å². The van der Waals surface area contributed by atoms with Crippen molar-refractivity contribution in [2.75, 3.05) is 6.54 Å². The number of hydrogen-bond donors (Lipinski definition) is 2. The van der Waals surface area contributed by atoms with Gasteiger partial charge < -0.3 is 10.4 Å². The van der Waals surface area contributed by atoms with Crippen LogP contribution in [0.2, 0.25) is 0 Å². The first-order valence-corrected chi connectivity index (χ1v) is 13.4. The summed E-state index contributed by atoms with van der Waals surface area (Å²) in [6, 6.07) is 0. The molecule has 0 saturated heterocycles. The number of amides is 1. The lowest BCUT2D eigenvalue weighted by atomic mass is 9.47. The second-order valence-electron chi connectivity index (χ2n) is 12.2. The van der Waals surface area contributed by atoms with Gasteiger partial charge in [0.25, 0.3) is 0 Å². The monoisotopic (exact) mass is 469 g/mol. The Balaban J connectivity index is 1.52. The van der Waals surface area contributed by atoms with Crippen molar-refractivity contribution in [2.45, 2.75) is 98.5 Å². The van der Waals surface area contributed by atoms with Crippen LogP contribution < -0.4 is 5.32 Å². The first-order valence-electron chi connectivity index (χ1n) is 13.4. The molecule has 2 N–H and O–H groups in total. The number of aliphatic hydroxyl groups excluding tert-OH is 1. The molecule has 5 nitrogen and oxygen atoms in total. The van der Waals surface area contributed by atoms with Crippen molar-refractivity contribution < 1.29 is 19.5 Å². The molecule has 0 spiro atoms. The molecule has 0 aromatic heterocycles. The van der Waals surface area contributed by atoms with E-state index >= 15 is 0 Å². The van der Waals surface area contributed by atoms with Gasteiger partial charge in [-0.15, -0.1) is 0 Å². The Bertz CT molecular complexity index is 932. The van der Waals surface area contributed by atoms with Crippen LogP contribution in [0.25, 0.3) is 0 Å². The maximum Gasteiger partial charge on any atom is 0.216 e. The molecule has 4 rings (SSSR count). The maximum absolute atomic E-state index is 13.4. The highest BCUT2D eigenvalue weighted by Crippen LogP contribution is 2.65. The number of carbonyl (C=O) groups excluding carboxylic acids is 3. The minimum Gasteiger partial charge on any atom is -0.393 e. The molecule has 3 fully saturated rings. The van der Waals surface area contributed by atoms with Crippen molar-refractivity contribution in [3.63, 3.8) is 0 Å². The summed E-state index contributed by atoms with van der Waals surface area (Å²) in [6.07, 6.45) is 9.64. The van der Waals surface area contributed by atoms with Gasteiger partial charge in [-0.05, 0) is 91.9 Å². The lowest BCUT2D eigenvalue weighted by Crippen LogP contribution is -2.49. The van der Waals surface area contributed by atoms with Gasteiger partial charge in [-0.2, -0.15) is 0 Å². The number of fused-ring (bicyclic) bond motifs is 5. The Morgan fingerprint density at radius 3 is 2.53 bits per heavy atom. The molecule has 5 heteroatoms. The molecule has 1 amide bonds. The number of hydrogen-bond acceptors (Lipinski definition) is 4. The summed E-state index contributed by atoms with van der Waals surface area (Å²) in [5, 5.41) is 13.0. The van der Waals surface area contributed by atoms with Crippen molar-refractivity contribution in [2.24, 2.45) is 34.5 Å². The van der Waals surface area contributed by atoms with Gasteiger partial charge in [0.05, 0.1) is 6.10 Å². The fraction of sp³-hybridized carbons (Fsp3) is 0.759. The molecule has 0 bridgehead atoms. The zero-order chi connectivity index (χ0) is 24.8. The van der Waals surface area contributed by atoms with Crippen LogP contribution in [-0.4, -0.2) is 35.2 Å². The number of ketones is 2. The number of rotatable bonds is 6. The van der Waals surface area contributed by atoms with E-state index in [9.17, 15) is 19.5 Å². The van der Waals surface area contributed by atoms with Crippen LogP contribution in [0.5, 0.6) is 0 Å². The highest BCUT2D eigenvalue weighted by Gasteiger charge is 2.59. The quantitative estimate of drug-likeness (QED) is 0.427. The van der Waals surface area contributed by atoms with Crippen LogP contribution >= 0.6 is 0 Å². The Hall–Kier alpha value is -1.75. The Kier molecular flexibility index (Phi) is 6.98. The third-order valence-corrected chi connectivity index (χ3v) is 10.1. The molecule has 0 heterocycles. The molecule has 0 aromatic rings. The van der Waals surface area contributed by atoms with Crippen molar-refractivity contribution in [3.8, 4) is 0 Å². The second-order valence-corrected chi connectivity index (χ2v) is 12.2. The first kappa shape index (κ1) is 25.3. The predicted molar refractivity (Wildman–Crippen MR) is 133 cm³/mol. The van der Waals surface area contributed by atoms with Crippen LogP contribution in [0.1, 0.15) is 92.4 Å². The summed E-state index contributed by atoms with van der Waals surface area (Å²) in [7, 11) is 0. The van der Waals surface area contributed by atoms with Crippen LogP contribution in [0.15, 0.2) is 22.8 Å². The highest BCUT2D eigenvalue weighted by molar-refractivity contribution is 6.08. The van der Waals surface area contributed by atoms with E-state index in [1.54, 1.807) is 0 Å². The van der Waals surface area contributed by atoms with E-state index in [1.807, 2.05) is 13.8 Å². The first-order chi connectivity index (χ1) is 16.0. The average Bonchev–Trinajstić information content (AvgIpc) is 3.05. The van der Waals surface area contributed by atoms with Crippen LogP contribution in [0, 0.1) is 34.5 Å². The van der Waals surface area contributed by atoms with E-state index in [2.05, 4.69) is 25.2 Å². The Labute approximate surface area is 204 Å². The third kappa shape index (κ3) is 4.34. The summed E-state index contributed by atoms with van der Waals surface area (Å²) in [5.41, 5.74) is 2.87. The number of Topliss-reactive ketones (excluding diaryl/α,β-unsaturated/α-hetero) is 2. The van der Waals surface area contributed by atoms with E-state index in [0.717, 1.165) is 44.1 Å². The number of aliphatic hydroxyl groups is 1. The average molecular weight is 470 g/mol. The normalized spacial score (nSPS) is 39.4. The zero-order valence-corrected chi connectivity index (χ0v) is 21.7. The van der Waals surface area contributed by atoms with Gasteiger partial charge in [-0.25, -0.2) is 0 Å². The topological polar surface area (TPSA) is 83.5 Å². The highest BCUT2D eigenvalue weighted by atomic mass is 16.3. The summed E-state index contributed by atoms with van der Waals surface area (Å²) < 4.78 is 0. The van der Waals surface area contributed by atoms with Crippen LogP contribution in [-0.2, 0) is 14.4 Å². The summed E-state index contributed by atoms with van der Waals surface area (Å²) in [5.74, 6) is 1.79. The molecule has 4 aliphatic rings. The lowest BCUT2D eigenvalue weighted by Gasteiger charge is -2.57. The molecule has 0 radical (unpaired) electrons. The molecule has 7 atom stereocenters. The molecule has 3 saturated carbocycles. The minimum atomic E-state index is -0.213. The van der Waals surface area contributed by atoms with Gasteiger partial charge in [0.15, 0.2) is 11.6 Å². The Morgan fingerprint density at radius 2 is 1.82 bits per heavy atom. The number of carbonyl (C=O) groups is 3. The Morgan fingerprint density at radius 1 is 1.12 bits per heavy atom. The zero-order valence-electron chi connectivity index (χ0n) is 21.7. The van der Waals surface area contributed by atoms with Crippen molar-refractivity contribution in [1.29, 1.82) is 0 Å². The van der Waals surface area contributed by atoms with E-state index < -0.39 is 0 Å². The molecular formula is C29H43NO4. The molecule has 0 unspecified atom stereocenters. The fourth-order valence-corrected chi connectivity index (χ4v) is 8.03. The van der Waals surface area contributed by atoms with Gasteiger partial charge in [0, 0.05) is 31.9 Å². The molecular weight excluding hydrogens is 426 g/mol. The third-order valence-electron chi connectivity index (χ3n) is 10.1. The van der Waals surface area contributed by atoms with E-state index in [0.29, 0.717) is 49.1 Å².